The van der Waals surface area contributed by atoms with Gasteiger partial charge in [-0.25, -0.2) is 16.8 Å². The van der Waals surface area contributed by atoms with Gasteiger partial charge in [-0.1, -0.05) is 24.1 Å². The fourth-order valence-corrected chi connectivity index (χ4v) is 1.38. The van der Waals surface area contributed by atoms with Crippen LogP contribution in [0.2, 0.25) is 0 Å². The van der Waals surface area contributed by atoms with Crippen LogP contribution in [0.5, 0.6) is 0 Å². The minimum absolute atomic E-state index is 0. The molecule has 0 bridgehead atoms. The molecule has 1 rings (SSSR count). The van der Waals surface area contributed by atoms with Crippen LogP contribution in [-0.2, 0) is 20.2 Å². The molecule has 0 fully saturated rings. The summed E-state index contributed by atoms with van der Waals surface area (Å²) in [6, 6.07) is 7.19. The molecule has 0 aromatic heterocycles. The van der Waals surface area contributed by atoms with E-state index >= 15 is 0 Å². The Morgan fingerprint density at radius 2 is 1.42 bits per heavy atom. The summed E-state index contributed by atoms with van der Waals surface area (Å²) in [6.45, 7) is 0. The number of hydrogen-bond donors (Lipinski definition) is 0. The monoisotopic (exact) mass is 322 g/mol. The third kappa shape index (κ3) is 14.8. The fourth-order valence-electron chi connectivity index (χ4n) is 0.689. The van der Waals surface area contributed by atoms with Gasteiger partial charge in [-0.15, -0.1) is 6.42 Å². The van der Waals surface area contributed by atoms with Crippen molar-refractivity contribution < 1.29 is 85.1 Å². The summed E-state index contributed by atoms with van der Waals surface area (Å²) in [6.07, 6.45) is 4.49. The first-order valence-corrected chi connectivity index (χ1v) is 7.03. The van der Waals surface area contributed by atoms with Gasteiger partial charge in [0.2, 0.25) is 0 Å². The van der Waals surface area contributed by atoms with E-state index < -0.39 is 26.0 Å². The second kappa shape index (κ2) is 11.3. The zero-order valence-electron chi connectivity index (χ0n) is 10.4. The molecule has 0 aliphatic carbocycles. The third-order valence-corrected chi connectivity index (χ3v) is 2.66. The molecule has 1 aromatic rings. The Kier molecular flexibility index (Phi) is 14.6. The number of hydrogen-bond acceptors (Lipinski definition) is 6. The average molecular weight is 322 g/mol. The number of benzene rings is 1. The van der Waals surface area contributed by atoms with Crippen molar-refractivity contribution in [1.82, 2.24) is 0 Å². The van der Waals surface area contributed by atoms with E-state index in [1.54, 1.807) is 12.0 Å². The predicted octanol–water partition coefficient (Wildman–Crippen LogP) is -6.24. The average Bonchev–Trinajstić information content (AvgIpc) is 2.17. The van der Waals surface area contributed by atoms with Crippen LogP contribution in [0.15, 0.2) is 35.2 Å². The Morgan fingerprint density at radius 3 is 1.58 bits per heavy atom. The Bertz CT molecular complexity index is 589. The van der Waals surface area contributed by atoms with E-state index in [0.29, 0.717) is 0 Å². The topological polar surface area (TPSA) is 114 Å². The van der Waals surface area contributed by atoms with Crippen molar-refractivity contribution in [3.05, 3.63) is 30.3 Å². The normalized spacial score (nSPS) is 9.74. The van der Waals surface area contributed by atoms with Crippen molar-refractivity contribution in [2.75, 3.05) is 5.75 Å². The van der Waals surface area contributed by atoms with Gasteiger partial charge in [0.15, 0.2) is 0 Å². The van der Waals surface area contributed by atoms with Crippen molar-refractivity contribution in [3.63, 3.8) is 0 Å². The first-order valence-electron chi connectivity index (χ1n) is 4.05. The van der Waals surface area contributed by atoms with Gasteiger partial charge < -0.3 is 9.11 Å². The van der Waals surface area contributed by atoms with Gasteiger partial charge in [0.1, 0.15) is 20.2 Å². The van der Waals surface area contributed by atoms with Gasteiger partial charge in [0.05, 0.1) is 10.6 Å². The second-order valence-corrected chi connectivity index (χ2v) is 5.46. The van der Waals surface area contributed by atoms with Gasteiger partial charge in [-0.2, -0.15) is 0 Å². The van der Waals surface area contributed by atoms with Crippen LogP contribution < -0.4 is 59.1 Å². The van der Waals surface area contributed by atoms with Crippen LogP contribution >= 0.6 is 0 Å². The zero-order chi connectivity index (χ0) is 13.5. The van der Waals surface area contributed by atoms with Crippen LogP contribution in [0, 0.1) is 12.3 Å². The summed E-state index contributed by atoms with van der Waals surface area (Å²) in [5, 5.41) is 0. The van der Waals surface area contributed by atoms with E-state index in [9.17, 15) is 25.9 Å². The smallest absolute Gasteiger partial charge is 0.747 e. The SMILES string of the molecule is C#CCS(=O)(=O)[O-].O=S(=O)([O-])c1ccccc1.[Na+].[Na+]. The molecule has 10 heteroatoms. The van der Waals surface area contributed by atoms with Gasteiger partial charge >= 0.3 is 59.1 Å². The second-order valence-electron chi connectivity index (χ2n) is 2.67. The molecule has 0 atom stereocenters. The first-order chi connectivity index (χ1) is 7.67. The summed E-state index contributed by atoms with van der Waals surface area (Å²) in [5.74, 6) is 0.992. The van der Waals surface area contributed by atoms with Crippen LogP contribution in [0.1, 0.15) is 0 Å². The largest absolute Gasteiger partial charge is 1.00 e. The molecule has 0 unspecified atom stereocenters. The summed E-state index contributed by atoms with van der Waals surface area (Å²) in [5.41, 5.74) is 0. The van der Waals surface area contributed by atoms with E-state index in [1.165, 1.54) is 24.3 Å². The molecule has 0 saturated heterocycles. The van der Waals surface area contributed by atoms with Crippen LogP contribution in [0.25, 0.3) is 0 Å². The Labute approximate surface area is 157 Å². The fraction of sp³-hybridized carbons (Fsp3) is 0.111. The van der Waals surface area contributed by atoms with E-state index in [0.717, 1.165) is 0 Å². The van der Waals surface area contributed by atoms with Crippen LogP contribution in [0.3, 0.4) is 0 Å². The Morgan fingerprint density at radius 1 is 1.00 bits per heavy atom. The van der Waals surface area contributed by atoms with Gasteiger partial charge in [0, 0.05) is 0 Å². The molecule has 0 heterocycles. The van der Waals surface area contributed by atoms with Crippen LogP contribution in [-0.4, -0.2) is 31.7 Å². The van der Waals surface area contributed by atoms with Crippen molar-refractivity contribution in [1.29, 1.82) is 0 Å². The molecular weight excluding hydrogens is 314 g/mol. The zero-order valence-corrected chi connectivity index (χ0v) is 16.1. The van der Waals surface area contributed by atoms with E-state index in [4.69, 9.17) is 0 Å². The van der Waals surface area contributed by atoms with Crippen molar-refractivity contribution in [2.45, 2.75) is 4.90 Å². The quantitative estimate of drug-likeness (QED) is 0.304. The molecule has 6 nitrogen and oxygen atoms in total. The molecule has 94 valence electrons. The molecule has 0 spiro atoms. The van der Waals surface area contributed by atoms with Gasteiger partial charge in [-0.05, 0) is 12.1 Å². The van der Waals surface area contributed by atoms with E-state index in [-0.39, 0.29) is 64.0 Å². The van der Waals surface area contributed by atoms with Crippen molar-refractivity contribution in [2.24, 2.45) is 0 Å². The number of rotatable bonds is 2. The summed E-state index contributed by atoms with van der Waals surface area (Å²) in [4.78, 5) is -0.185. The molecule has 0 N–H and O–H groups in total. The molecule has 1 aromatic carbocycles. The third-order valence-electron chi connectivity index (χ3n) is 1.29. The molecule has 0 aliphatic rings. The maximum atomic E-state index is 10.3. The van der Waals surface area contributed by atoms with Crippen molar-refractivity contribution >= 4 is 20.2 Å². The van der Waals surface area contributed by atoms with E-state index in [1.807, 2.05) is 0 Å². The molecule has 0 radical (unpaired) electrons. The molecule has 0 saturated carbocycles. The predicted molar refractivity (Wildman–Crippen MR) is 57.8 cm³/mol. The maximum Gasteiger partial charge on any atom is 1.00 e. The first kappa shape index (κ1) is 24.6. The van der Waals surface area contributed by atoms with Crippen LogP contribution in [0.4, 0.5) is 0 Å². The molecule has 0 aliphatic heterocycles. The minimum Gasteiger partial charge on any atom is -0.747 e. The Hall–Kier alpha value is 0.600. The Balaban J connectivity index is -0.000000258. The van der Waals surface area contributed by atoms with Gasteiger partial charge in [-0.3, -0.25) is 0 Å². The summed E-state index contributed by atoms with van der Waals surface area (Å²) < 4.78 is 59.4. The molecule has 0 amide bonds. The minimum atomic E-state index is -4.25. The summed E-state index contributed by atoms with van der Waals surface area (Å²) in [7, 11) is -8.41. The molecular formula is C9H8Na2O6S2. The van der Waals surface area contributed by atoms with Gasteiger partial charge in [0.25, 0.3) is 0 Å². The van der Waals surface area contributed by atoms with E-state index in [2.05, 4.69) is 6.42 Å². The maximum absolute atomic E-state index is 10.3. The van der Waals surface area contributed by atoms with Crippen molar-refractivity contribution in [3.8, 4) is 12.3 Å². The summed E-state index contributed by atoms with van der Waals surface area (Å²) >= 11 is 0. The molecule has 19 heavy (non-hydrogen) atoms. The standard InChI is InChI=1S/C6H6O3S.C3H4O3S.2Na/c7-10(8,9)6-4-2-1-3-5-6;1-2-3-7(4,5)6;;/h1-5H,(H,7,8,9);1H,3H2,(H,4,5,6);;/q;;2*+1/p-2. The number of terminal acetylenes is 1.